The largest absolute Gasteiger partial charge is 0.478 e. The molecule has 0 fully saturated rings. The quantitative estimate of drug-likeness (QED) is 0.405. The second-order valence-electron chi connectivity index (χ2n) is 9.00. The van der Waals surface area contributed by atoms with E-state index in [-0.39, 0.29) is 0 Å². The molecule has 0 aliphatic heterocycles. The number of pyridine rings is 1. The molecule has 3 aromatic rings. The molecule has 0 spiro atoms. The maximum atomic E-state index is 11.6. The Balaban J connectivity index is 2.01. The fourth-order valence-electron chi connectivity index (χ4n) is 4.48. The van der Waals surface area contributed by atoms with Gasteiger partial charge in [-0.1, -0.05) is 56.3 Å². The molecule has 5 nitrogen and oxygen atoms in total. The van der Waals surface area contributed by atoms with Crippen LogP contribution in [-0.2, 0) is 32.4 Å². The Labute approximate surface area is 196 Å². The van der Waals surface area contributed by atoms with E-state index in [0.717, 1.165) is 52.9 Å². The van der Waals surface area contributed by atoms with Crippen LogP contribution in [0.4, 0.5) is 0 Å². The lowest BCUT2D eigenvalue weighted by atomic mass is 9.87. The topological polar surface area (TPSA) is 102 Å². The summed E-state index contributed by atoms with van der Waals surface area (Å²) in [4.78, 5) is 16.6. The fourth-order valence-corrected chi connectivity index (χ4v) is 4.48. The minimum Gasteiger partial charge on any atom is -0.478 e. The number of hydrogen-bond acceptors (Lipinski definition) is 4. The molecule has 0 unspecified atom stereocenters. The predicted molar refractivity (Wildman–Crippen MR) is 134 cm³/mol. The van der Waals surface area contributed by atoms with Crippen molar-refractivity contribution < 1.29 is 9.90 Å². The molecule has 3 rings (SSSR count). The molecule has 1 heterocycles. The van der Waals surface area contributed by atoms with Crippen LogP contribution in [0.15, 0.2) is 48.5 Å². The van der Waals surface area contributed by atoms with Crippen molar-refractivity contribution in [2.45, 2.75) is 59.5 Å². The molecule has 0 saturated carbocycles. The number of benzene rings is 2. The van der Waals surface area contributed by atoms with E-state index in [0.29, 0.717) is 31.0 Å². The maximum Gasteiger partial charge on any atom is 0.335 e. The zero-order valence-corrected chi connectivity index (χ0v) is 19.9. The summed E-state index contributed by atoms with van der Waals surface area (Å²) in [6.07, 6.45) is 3.21. The Hall–Kier alpha value is -3.02. The first-order valence-electron chi connectivity index (χ1n) is 11.7. The Bertz CT molecular complexity index is 1100. The average molecular weight is 446 g/mol. The molecule has 0 aliphatic rings. The third-order valence-electron chi connectivity index (χ3n) is 6.10. The second-order valence-corrected chi connectivity index (χ2v) is 9.00. The molecule has 5 N–H and O–H groups in total. The van der Waals surface area contributed by atoms with Gasteiger partial charge in [0.2, 0.25) is 0 Å². The Kier molecular flexibility index (Phi) is 8.37. The van der Waals surface area contributed by atoms with Crippen molar-refractivity contribution >= 4 is 5.97 Å². The summed E-state index contributed by atoms with van der Waals surface area (Å²) in [5.41, 5.74) is 21.1. The van der Waals surface area contributed by atoms with E-state index in [1.807, 2.05) is 12.1 Å². The number of aromatic carboxylic acids is 1. The first-order chi connectivity index (χ1) is 15.8. The van der Waals surface area contributed by atoms with Crippen LogP contribution in [0.5, 0.6) is 0 Å². The lowest BCUT2D eigenvalue weighted by Gasteiger charge is -2.21. The second kappa shape index (κ2) is 11.2. The number of carboxylic acids is 1. The molecule has 1 aromatic heterocycles. The van der Waals surface area contributed by atoms with Crippen molar-refractivity contribution in [2.75, 3.05) is 0 Å². The van der Waals surface area contributed by atoms with Gasteiger partial charge in [0, 0.05) is 24.5 Å². The standard InChI is InChI=1S/C28H35N3O2/c1-18(2)15-26-25(17-30)27(22-13-11-20(16-29)12-14-22)23(19(3)31-26)10-6-8-21-7-4-5-9-24(21)28(32)33/h4-5,7,9,11-14,18H,6,8,10,15-17,29-30H2,1-3H3,(H,32,33). The first kappa shape index (κ1) is 24.6. The number of carbonyl (C=O) groups is 1. The highest BCUT2D eigenvalue weighted by Crippen LogP contribution is 2.33. The van der Waals surface area contributed by atoms with E-state index >= 15 is 0 Å². The number of aromatic nitrogens is 1. The molecule has 0 atom stereocenters. The number of carboxylic acid groups (broad SMARTS) is 1. The van der Waals surface area contributed by atoms with Gasteiger partial charge in [-0.25, -0.2) is 4.79 Å². The van der Waals surface area contributed by atoms with Gasteiger partial charge in [-0.05, 0) is 78.0 Å². The van der Waals surface area contributed by atoms with Crippen LogP contribution >= 0.6 is 0 Å². The zero-order chi connectivity index (χ0) is 24.0. The van der Waals surface area contributed by atoms with Crippen LogP contribution < -0.4 is 11.5 Å². The highest BCUT2D eigenvalue weighted by Gasteiger charge is 2.19. The summed E-state index contributed by atoms with van der Waals surface area (Å²) in [6, 6.07) is 15.6. The van der Waals surface area contributed by atoms with Gasteiger partial charge >= 0.3 is 5.97 Å². The summed E-state index contributed by atoms with van der Waals surface area (Å²) >= 11 is 0. The lowest BCUT2D eigenvalue weighted by molar-refractivity contribution is 0.0695. The highest BCUT2D eigenvalue weighted by atomic mass is 16.4. The van der Waals surface area contributed by atoms with Crippen molar-refractivity contribution in [3.63, 3.8) is 0 Å². The van der Waals surface area contributed by atoms with E-state index in [1.165, 1.54) is 11.1 Å². The first-order valence-corrected chi connectivity index (χ1v) is 11.7. The van der Waals surface area contributed by atoms with Gasteiger partial charge in [-0.2, -0.15) is 0 Å². The van der Waals surface area contributed by atoms with Crippen molar-refractivity contribution in [1.29, 1.82) is 0 Å². The van der Waals surface area contributed by atoms with Gasteiger partial charge in [0.1, 0.15) is 0 Å². The summed E-state index contributed by atoms with van der Waals surface area (Å²) in [7, 11) is 0. The van der Waals surface area contributed by atoms with E-state index in [4.69, 9.17) is 16.5 Å². The fraction of sp³-hybridized carbons (Fsp3) is 0.357. The summed E-state index contributed by atoms with van der Waals surface area (Å²) in [5.74, 6) is -0.402. The normalized spacial score (nSPS) is 11.2. The number of rotatable bonds is 10. The molecular formula is C28H35N3O2. The van der Waals surface area contributed by atoms with E-state index < -0.39 is 5.97 Å². The molecule has 2 aromatic carbocycles. The van der Waals surface area contributed by atoms with Crippen molar-refractivity contribution in [3.05, 3.63) is 87.7 Å². The number of nitrogens with zero attached hydrogens (tertiary/aromatic N) is 1. The Morgan fingerprint density at radius 2 is 1.67 bits per heavy atom. The minimum atomic E-state index is -0.882. The predicted octanol–water partition coefficient (Wildman–Crippen LogP) is 5.05. The van der Waals surface area contributed by atoms with Crippen LogP contribution in [0.1, 0.15) is 64.3 Å². The maximum absolute atomic E-state index is 11.6. The Morgan fingerprint density at radius 3 is 2.27 bits per heavy atom. The molecule has 0 amide bonds. The third kappa shape index (κ3) is 5.86. The van der Waals surface area contributed by atoms with E-state index in [1.54, 1.807) is 12.1 Å². The smallest absolute Gasteiger partial charge is 0.335 e. The lowest BCUT2D eigenvalue weighted by Crippen LogP contribution is -2.13. The molecular weight excluding hydrogens is 410 g/mol. The van der Waals surface area contributed by atoms with Crippen LogP contribution in [0, 0.1) is 12.8 Å². The number of nitrogens with two attached hydrogens (primary N) is 2. The molecule has 5 heteroatoms. The zero-order valence-electron chi connectivity index (χ0n) is 19.9. The summed E-state index contributed by atoms with van der Waals surface area (Å²) in [5, 5.41) is 9.50. The SMILES string of the molecule is Cc1nc(CC(C)C)c(CN)c(-c2ccc(CN)cc2)c1CCCc1ccccc1C(=O)O. The monoisotopic (exact) mass is 445 g/mol. The van der Waals surface area contributed by atoms with Gasteiger partial charge in [0.05, 0.1) is 5.56 Å². The van der Waals surface area contributed by atoms with Crippen molar-refractivity contribution in [3.8, 4) is 11.1 Å². The third-order valence-corrected chi connectivity index (χ3v) is 6.10. The Morgan fingerprint density at radius 1 is 0.970 bits per heavy atom. The summed E-state index contributed by atoms with van der Waals surface area (Å²) < 4.78 is 0. The van der Waals surface area contributed by atoms with Gasteiger partial charge in [0.15, 0.2) is 0 Å². The molecule has 0 bridgehead atoms. The average Bonchev–Trinajstić information content (AvgIpc) is 2.80. The van der Waals surface area contributed by atoms with Crippen LogP contribution in [0.2, 0.25) is 0 Å². The summed E-state index contributed by atoms with van der Waals surface area (Å²) in [6.45, 7) is 7.40. The van der Waals surface area contributed by atoms with Crippen LogP contribution in [-0.4, -0.2) is 16.1 Å². The number of aryl methyl sites for hydroxylation is 2. The molecule has 33 heavy (non-hydrogen) atoms. The van der Waals surface area contributed by atoms with E-state index in [9.17, 15) is 9.90 Å². The number of hydrogen-bond donors (Lipinski definition) is 3. The minimum absolute atomic E-state index is 0.375. The molecule has 0 radical (unpaired) electrons. The van der Waals surface area contributed by atoms with Crippen LogP contribution in [0.3, 0.4) is 0 Å². The van der Waals surface area contributed by atoms with Gasteiger partial charge in [0.25, 0.3) is 0 Å². The highest BCUT2D eigenvalue weighted by molar-refractivity contribution is 5.89. The molecule has 174 valence electrons. The molecule has 0 saturated heterocycles. The van der Waals surface area contributed by atoms with Gasteiger partial charge in [-0.15, -0.1) is 0 Å². The van der Waals surface area contributed by atoms with Crippen LogP contribution in [0.25, 0.3) is 11.1 Å². The van der Waals surface area contributed by atoms with Gasteiger partial charge in [-0.3, -0.25) is 4.98 Å². The van der Waals surface area contributed by atoms with Crippen molar-refractivity contribution in [1.82, 2.24) is 4.98 Å². The molecule has 0 aliphatic carbocycles. The van der Waals surface area contributed by atoms with Crippen molar-refractivity contribution in [2.24, 2.45) is 17.4 Å². The van der Waals surface area contributed by atoms with E-state index in [2.05, 4.69) is 45.0 Å². The van der Waals surface area contributed by atoms with Gasteiger partial charge < -0.3 is 16.6 Å².